The van der Waals surface area contributed by atoms with Crippen molar-refractivity contribution >= 4 is 6.09 Å². The summed E-state index contributed by atoms with van der Waals surface area (Å²) in [7, 11) is 0. The Balaban J connectivity index is 2.17. The summed E-state index contributed by atoms with van der Waals surface area (Å²) < 4.78 is 0. The molecular formula is C19H27N3O2. The molecule has 1 heterocycles. The molecule has 0 saturated carbocycles. The van der Waals surface area contributed by atoms with Crippen molar-refractivity contribution < 1.29 is 9.90 Å². The first-order chi connectivity index (χ1) is 11.4. The Hall–Kier alpha value is -2.30. The number of H-pyrrole nitrogens is 1. The molecule has 0 fully saturated rings. The number of aromatic nitrogens is 2. The van der Waals surface area contributed by atoms with Gasteiger partial charge in [-0.3, -0.25) is 0 Å². The van der Waals surface area contributed by atoms with E-state index in [0.717, 1.165) is 25.0 Å². The van der Waals surface area contributed by atoms with E-state index in [4.69, 9.17) is 0 Å². The lowest BCUT2D eigenvalue weighted by Crippen LogP contribution is -2.49. The Bertz CT molecular complexity index is 618. The lowest BCUT2D eigenvalue weighted by Gasteiger charge is -2.37. The topological polar surface area (TPSA) is 78.0 Å². The normalized spacial score (nSPS) is 14.1. The summed E-state index contributed by atoms with van der Waals surface area (Å²) in [5.41, 5.74) is 2.14. The molecule has 1 aromatic carbocycles. The van der Waals surface area contributed by atoms with Crippen LogP contribution in [0.5, 0.6) is 0 Å². The third-order valence-corrected chi connectivity index (χ3v) is 4.37. The van der Waals surface area contributed by atoms with Crippen LogP contribution in [0.25, 0.3) is 0 Å². The van der Waals surface area contributed by atoms with Gasteiger partial charge >= 0.3 is 6.09 Å². The molecule has 0 radical (unpaired) electrons. The Morgan fingerprint density at radius 3 is 2.54 bits per heavy atom. The fourth-order valence-corrected chi connectivity index (χ4v) is 3.24. The zero-order chi connectivity index (χ0) is 17.6. The third kappa shape index (κ3) is 5.41. The van der Waals surface area contributed by atoms with Gasteiger partial charge in [-0.2, -0.15) is 0 Å². The van der Waals surface area contributed by atoms with Gasteiger partial charge in [0.25, 0.3) is 0 Å². The summed E-state index contributed by atoms with van der Waals surface area (Å²) in [5, 5.41) is 12.0. The Morgan fingerprint density at radius 1 is 1.29 bits per heavy atom. The fraction of sp³-hybridized carbons (Fsp3) is 0.474. The number of hydrogen-bond donors (Lipinski definition) is 3. The number of benzene rings is 1. The van der Waals surface area contributed by atoms with Gasteiger partial charge in [-0.05, 0) is 36.2 Å². The maximum atomic E-state index is 11.3. The molecule has 5 heteroatoms. The van der Waals surface area contributed by atoms with Gasteiger partial charge in [0, 0.05) is 17.9 Å². The molecule has 3 N–H and O–H groups in total. The summed E-state index contributed by atoms with van der Waals surface area (Å²) in [6, 6.07) is 10.2. The number of carboxylic acid groups (broad SMARTS) is 1. The molecule has 0 bridgehead atoms. The van der Waals surface area contributed by atoms with Crippen LogP contribution in [0.1, 0.15) is 38.4 Å². The van der Waals surface area contributed by atoms with Crippen LogP contribution in [0.2, 0.25) is 0 Å². The average Bonchev–Trinajstić information content (AvgIpc) is 3.02. The molecule has 2 unspecified atom stereocenters. The van der Waals surface area contributed by atoms with Crippen molar-refractivity contribution in [3.05, 3.63) is 54.1 Å². The molecule has 5 nitrogen and oxygen atoms in total. The highest BCUT2D eigenvalue weighted by atomic mass is 16.4. The minimum atomic E-state index is -0.968. The first kappa shape index (κ1) is 18.0. The minimum absolute atomic E-state index is 0.137. The molecule has 24 heavy (non-hydrogen) atoms. The molecule has 1 aromatic heterocycles. The summed E-state index contributed by atoms with van der Waals surface area (Å²) in [5.74, 6) is 0.182. The second-order valence-corrected chi connectivity index (χ2v) is 7.36. The molecule has 2 rings (SSSR count). The molecule has 2 aromatic rings. The smallest absolute Gasteiger partial charge is 0.404 e. The Morgan fingerprint density at radius 2 is 2.00 bits per heavy atom. The second-order valence-electron chi connectivity index (χ2n) is 7.36. The summed E-state index contributed by atoms with van der Waals surface area (Å²) in [6.45, 7) is 6.24. The maximum Gasteiger partial charge on any atom is 0.404 e. The van der Waals surface area contributed by atoms with Crippen LogP contribution in [0.3, 0.4) is 0 Å². The van der Waals surface area contributed by atoms with Crippen LogP contribution in [-0.2, 0) is 12.8 Å². The number of aryl methyl sites for hydroxylation is 1. The number of rotatable bonds is 7. The van der Waals surface area contributed by atoms with Crippen LogP contribution >= 0.6 is 0 Å². The first-order valence-electron chi connectivity index (χ1n) is 8.37. The lowest BCUT2D eigenvalue weighted by atomic mass is 9.75. The van der Waals surface area contributed by atoms with Crippen molar-refractivity contribution in [2.45, 2.75) is 46.1 Å². The standard InChI is InChI=1S/C19H27N3O2/c1-19(2,3)17(22-18(23)24)15(11-16-12-20-13-21-16)10-9-14-7-5-4-6-8-14/h4-8,12-13,15,17,22H,9-11H2,1-3H3,(H,20,21)(H,23,24). The number of nitrogens with zero attached hydrogens (tertiary/aromatic N) is 1. The van der Waals surface area contributed by atoms with E-state index in [1.54, 1.807) is 6.33 Å². The number of amides is 1. The number of carbonyl (C=O) groups is 1. The molecule has 130 valence electrons. The van der Waals surface area contributed by atoms with Gasteiger partial charge in [0.1, 0.15) is 0 Å². The lowest BCUT2D eigenvalue weighted by molar-refractivity contribution is 0.148. The van der Waals surface area contributed by atoms with Crippen molar-refractivity contribution in [3.63, 3.8) is 0 Å². The number of hydrogen-bond acceptors (Lipinski definition) is 2. The van der Waals surface area contributed by atoms with Crippen LogP contribution < -0.4 is 5.32 Å². The highest BCUT2D eigenvalue weighted by Crippen LogP contribution is 2.30. The molecule has 0 saturated heterocycles. The maximum absolute atomic E-state index is 11.3. The van der Waals surface area contributed by atoms with E-state index in [2.05, 4.69) is 48.2 Å². The molecule has 0 aliphatic rings. The highest BCUT2D eigenvalue weighted by Gasteiger charge is 2.33. The van der Waals surface area contributed by atoms with E-state index >= 15 is 0 Å². The summed E-state index contributed by atoms with van der Waals surface area (Å²) in [4.78, 5) is 18.5. The molecule has 0 aliphatic heterocycles. The number of aromatic amines is 1. The van der Waals surface area contributed by atoms with Gasteiger partial charge in [0.05, 0.1) is 6.33 Å². The van der Waals surface area contributed by atoms with Gasteiger partial charge in [0.2, 0.25) is 0 Å². The van der Waals surface area contributed by atoms with Gasteiger partial charge in [-0.25, -0.2) is 9.78 Å². The van der Waals surface area contributed by atoms with E-state index in [0.29, 0.717) is 0 Å². The van der Waals surface area contributed by atoms with Gasteiger partial charge < -0.3 is 15.4 Å². The van der Waals surface area contributed by atoms with Crippen molar-refractivity contribution in [2.75, 3.05) is 0 Å². The van der Waals surface area contributed by atoms with Crippen LogP contribution in [0, 0.1) is 11.3 Å². The SMILES string of the molecule is CC(C)(C)C(NC(=O)O)C(CCc1ccccc1)Cc1cnc[nH]1. The Kier molecular flexibility index (Phi) is 6.01. The molecule has 0 spiro atoms. The minimum Gasteiger partial charge on any atom is -0.465 e. The van der Waals surface area contributed by atoms with Gasteiger partial charge in [-0.15, -0.1) is 0 Å². The van der Waals surface area contributed by atoms with E-state index in [-0.39, 0.29) is 17.4 Å². The van der Waals surface area contributed by atoms with E-state index in [9.17, 15) is 9.90 Å². The van der Waals surface area contributed by atoms with Crippen molar-refractivity contribution in [3.8, 4) is 0 Å². The Labute approximate surface area is 143 Å². The predicted octanol–water partition coefficient (Wildman–Crippen LogP) is 3.88. The van der Waals surface area contributed by atoms with E-state index < -0.39 is 6.09 Å². The van der Waals surface area contributed by atoms with Gasteiger partial charge in [0.15, 0.2) is 0 Å². The van der Waals surface area contributed by atoms with Gasteiger partial charge in [-0.1, -0.05) is 51.1 Å². The van der Waals surface area contributed by atoms with Crippen molar-refractivity contribution in [1.82, 2.24) is 15.3 Å². The van der Waals surface area contributed by atoms with Crippen molar-refractivity contribution in [1.29, 1.82) is 0 Å². The second kappa shape index (κ2) is 7.99. The highest BCUT2D eigenvalue weighted by molar-refractivity contribution is 5.65. The van der Waals surface area contributed by atoms with Crippen LogP contribution in [0.4, 0.5) is 4.79 Å². The van der Waals surface area contributed by atoms with Crippen LogP contribution in [0.15, 0.2) is 42.9 Å². The van der Waals surface area contributed by atoms with E-state index in [1.807, 2.05) is 24.4 Å². The van der Waals surface area contributed by atoms with Crippen LogP contribution in [-0.4, -0.2) is 27.2 Å². The third-order valence-electron chi connectivity index (χ3n) is 4.37. The monoisotopic (exact) mass is 329 g/mol. The van der Waals surface area contributed by atoms with Crippen molar-refractivity contribution in [2.24, 2.45) is 11.3 Å². The largest absolute Gasteiger partial charge is 0.465 e. The number of nitrogens with one attached hydrogen (secondary N) is 2. The summed E-state index contributed by atoms with van der Waals surface area (Å²) in [6.07, 6.45) is 5.12. The average molecular weight is 329 g/mol. The summed E-state index contributed by atoms with van der Waals surface area (Å²) >= 11 is 0. The van der Waals surface area contributed by atoms with E-state index in [1.165, 1.54) is 5.56 Å². The first-order valence-corrected chi connectivity index (χ1v) is 8.37. The zero-order valence-electron chi connectivity index (χ0n) is 14.6. The fourth-order valence-electron chi connectivity index (χ4n) is 3.24. The quantitative estimate of drug-likeness (QED) is 0.721. The number of imidazole rings is 1. The molecular weight excluding hydrogens is 302 g/mol. The molecule has 2 atom stereocenters. The molecule has 1 amide bonds. The molecule has 0 aliphatic carbocycles. The zero-order valence-corrected chi connectivity index (χ0v) is 14.6. The predicted molar refractivity (Wildman–Crippen MR) is 94.9 cm³/mol.